The summed E-state index contributed by atoms with van der Waals surface area (Å²) < 4.78 is 40.4. The summed E-state index contributed by atoms with van der Waals surface area (Å²) in [6.45, 7) is 3.20. The number of carbonyl (C=O) groups is 2. The molecule has 0 saturated carbocycles. The van der Waals surface area contributed by atoms with Crippen molar-refractivity contribution in [2.45, 2.75) is 20.0 Å². The van der Waals surface area contributed by atoms with Gasteiger partial charge in [0.05, 0.1) is 5.69 Å². The molecular weight excluding hydrogens is 499 g/mol. The van der Waals surface area contributed by atoms with Crippen molar-refractivity contribution in [1.82, 2.24) is 14.5 Å². The Bertz CT molecular complexity index is 1610. The Morgan fingerprint density at radius 1 is 0.895 bits per heavy atom. The second-order valence-corrected chi connectivity index (χ2v) is 8.55. The summed E-state index contributed by atoms with van der Waals surface area (Å²) in [5.74, 6) is -0.689. The van der Waals surface area contributed by atoms with Crippen LogP contribution in [0.4, 0.5) is 24.7 Å². The lowest BCUT2D eigenvalue weighted by Crippen LogP contribution is -2.18. The highest BCUT2D eigenvalue weighted by atomic mass is 19.4. The van der Waals surface area contributed by atoms with E-state index in [4.69, 9.17) is 0 Å². The van der Waals surface area contributed by atoms with Crippen LogP contribution in [0.25, 0.3) is 22.4 Å². The summed E-state index contributed by atoms with van der Waals surface area (Å²) in [4.78, 5) is 44.3. The number of carbonyl (C=O) groups excluding carboxylic acids is 2. The van der Waals surface area contributed by atoms with Crippen molar-refractivity contribution in [2.24, 2.45) is 7.05 Å². The van der Waals surface area contributed by atoms with E-state index in [0.29, 0.717) is 40.0 Å². The zero-order valence-corrected chi connectivity index (χ0v) is 20.6. The molecule has 11 heteroatoms. The minimum Gasteiger partial charge on any atom is -0.322 e. The highest BCUT2D eigenvalue weighted by Crippen LogP contribution is 2.31. The number of hydrogen-bond donors (Lipinski definition) is 2. The first-order valence-corrected chi connectivity index (χ1v) is 11.3. The van der Waals surface area contributed by atoms with Gasteiger partial charge in [-0.05, 0) is 66.1 Å². The van der Waals surface area contributed by atoms with E-state index in [2.05, 4.69) is 20.6 Å². The number of aryl methyl sites for hydroxylation is 1. The number of pyridine rings is 3. The molecule has 38 heavy (non-hydrogen) atoms. The molecule has 3 aromatic heterocycles. The van der Waals surface area contributed by atoms with Crippen molar-refractivity contribution in [3.8, 4) is 22.4 Å². The Hall–Kier alpha value is -4.80. The minimum absolute atomic E-state index is 0.196. The molecule has 0 aliphatic rings. The van der Waals surface area contributed by atoms with Gasteiger partial charge in [0.1, 0.15) is 11.5 Å². The lowest BCUT2D eigenvalue weighted by atomic mass is 9.98. The molecule has 194 valence electrons. The Labute approximate surface area is 215 Å². The van der Waals surface area contributed by atoms with Gasteiger partial charge in [-0.1, -0.05) is 6.07 Å². The fourth-order valence-corrected chi connectivity index (χ4v) is 3.85. The number of nitrogens with zero attached hydrogens (tertiary/aromatic N) is 3. The van der Waals surface area contributed by atoms with Crippen LogP contribution in [0, 0.1) is 6.92 Å². The molecule has 2 N–H and O–H groups in total. The van der Waals surface area contributed by atoms with Crippen molar-refractivity contribution in [1.29, 1.82) is 0 Å². The Balaban J connectivity index is 1.70. The van der Waals surface area contributed by atoms with Crippen LogP contribution in [0.1, 0.15) is 28.5 Å². The predicted molar refractivity (Wildman–Crippen MR) is 137 cm³/mol. The summed E-state index contributed by atoms with van der Waals surface area (Å²) in [5.41, 5.74) is 1.90. The smallest absolute Gasteiger partial charge is 0.322 e. The molecule has 4 aromatic rings. The largest absolute Gasteiger partial charge is 0.433 e. The maximum absolute atomic E-state index is 13.0. The third-order valence-electron chi connectivity index (χ3n) is 5.74. The SMILES string of the molecule is CC(=O)Nc1cc(-c2cc(-c3cc(NC(=O)c4ccnc(C(F)(F)F)c4)ccc3C)cc(=O)n2C)ccn1. The third-order valence-corrected chi connectivity index (χ3v) is 5.74. The van der Waals surface area contributed by atoms with Gasteiger partial charge < -0.3 is 15.2 Å². The van der Waals surface area contributed by atoms with E-state index in [9.17, 15) is 27.6 Å². The quantitative estimate of drug-likeness (QED) is 0.383. The molecule has 8 nitrogen and oxygen atoms in total. The number of alkyl halides is 3. The van der Waals surface area contributed by atoms with Gasteiger partial charge in [0, 0.05) is 49.2 Å². The van der Waals surface area contributed by atoms with Gasteiger partial charge in [-0.2, -0.15) is 13.2 Å². The van der Waals surface area contributed by atoms with Crippen LogP contribution in [-0.4, -0.2) is 26.3 Å². The van der Waals surface area contributed by atoms with Crippen molar-refractivity contribution in [3.05, 3.63) is 94.2 Å². The summed E-state index contributed by atoms with van der Waals surface area (Å²) in [6, 6.07) is 13.5. The molecule has 0 atom stereocenters. The number of anilines is 2. The average Bonchev–Trinajstić information content (AvgIpc) is 2.86. The van der Waals surface area contributed by atoms with E-state index in [1.54, 1.807) is 43.4 Å². The van der Waals surface area contributed by atoms with Crippen LogP contribution >= 0.6 is 0 Å². The second kappa shape index (κ2) is 10.3. The number of nitrogens with one attached hydrogen (secondary N) is 2. The average molecular weight is 521 g/mol. The zero-order chi connectivity index (χ0) is 27.6. The van der Waals surface area contributed by atoms with Crippen molar-refractivity contribution < 1.29 is 22.8 Å². The van der Waals surface area contributed by atoms with Crippen molar-refractivity contribution >= 4 is 23.3 Å². The van der Waals surface area contributed by atoms with Crippen molar-refractivity contribution in [3.63, 3.8) is 0 Å². The number of hydrogen-bond acceptors (Lipinski definition) is 5. The molecule has 0 saturated heterocycles. The number of amides is 2. The van der Waals surface area contributed by atoms with Gasteiger partial charge in [-0.25, -0.2) is 4.98 Å². The Morgan fingerprint density at radius 3 is 2.34 bits per heavy atom. The number of benzene rings is 1. The van der Waals surface area contributed by atoms with Gasteiger partial charge >= 0.3 is 6.18 Å². The molecule has 0 radical (unpaired) electrons. The topological polar surface area (TPSA) is 106 Å². The van der Waals surface area contributed by atoms with E-state index < -0.39 is 17.8 Å². The van der Waals surface area contributed by atoms with E-state index in [1.165, 1.54) is 29.8 Å². The molecule has 1 aromatic carbocycles. The summed E-state index contributed by atoms with van der Waals surface area (Å²) >= 11 is 0. The summed E-state index contributed by atoms with van der Waals surface area (Å²) in [7, 11) is 1.62. The summed E-state index contributed by atoms with van der Waals surface area (Å²) in [6.07, 6.45) is -2.24. The van der Waals surface area contributed by atoms with E-state index in [0.717, 1.165) is 11.8 Å². The van der Waals surface area contributed by atoms with Gasteiger partial charge in [0.25, 0.3) is 11.5 Å². The number of rotatable bonds is 5. The Kier molecular flexibility index (Phi) is 7.11. The molecule has 3 heterocycles. The fourth-order valence-electron chi connectivity index (χ4n) is 3.85. The number of halogens is 3. The van der Waals surface area contributed by atoms with Gasteiger partial charge in [-0.15, -0.1) is 0 Å². The van der Waals surface area contributed by atoms with Crippen LogP contribution in [0.2, 0.25) is 0 Å². The monoisotopic (exact) mass is 521 g/mol. The van der Waals surface area contributed by atoms with Gasteiger partial charge in [0.2, 0.25) is 5.91 Å². The van der Waals surface area contributed by atoms with Crippen LogP contribution in [0.5, 0.6) is 0 Å². The second-order valence-electron chi connectivity index (χ2n) is 8.55. The maximum atomic E-state index is 13.0. The van der Waals surface area contributed by atoms with E-state index >= 15 is 0 Å². The molecule has 2 amide bonds. The molecule has 0 fully saturated rings. The first kappa shape index (κ1) is 26.3. The van der Waals surface area contributed by atoms with Crippen LogP contribution in [-0.2, 0) is 18.0 Å². The minimum atomic E-state index is -4.68. The molecular formula is C27H22F3N5O3. The first-order chi connectivity index (χ1) is 17.9. The van der Waals surface area contributed by atoms with Crippen molar-refractivity contribution in [2.75, 3.05) is 10.6 Å². The lowest BCUT2D eigenvalue weighted by molar-refractivity contribution is -0.141. The number of aromatic nitrogens is 3. The van der Waals surface area contributed by atoms with Crippen LogP contribution in [0.3, 0.4) is 0 Å². The van der Waals surface area contributed by atoms with Crippen LogP contribution < -0.4 is 16.2 Å². The van der Waals surface area contributed by atoms with Gasteiger partial charge in [0.15, 0.2) is 0 Å². The third kappa shape index (κ3) is 5.77. The highest BCUT2D eigenvalue weighted by Gasteiger charge is 2.33. The van der Waals surface area contributed by atoms with E-state index in [1.807, 2.05) is 6.92 Å². The molecule has 0 aliphatic heterocycles. The molecule has 0 bridgehead atoms. The lowest BCUT2D eigenvalue weighted by Gasteiger charge is -2.15. The van der Waals surface area contributed by atoms with Gasteiger partial charge in [-0.3, -0.25) is 19.4 Å². The predicted octanol–water partition coefficient (Wildman–Crippen LogP) is 5.05. The molecule has 0 spiro atoms. The molecule has 0 unspecified atom stereocenters. The summed E-state index contributed by atoms with van der Waals surface area (Å²) in [5, 5.41) is 5.22. The zero-order valence-electron chi connectivity index (χ0n) is 20.6. The molecule has 0 aliphatic carbocycles. The molecule has 4 rings (SSSR count). The fraction of sp³-hybridized carbons (Fsp3) is 0.148. The normalized spacial score (nSPS) is 11.2. The van der Waals surface area contributed by atoms with E-state index in [-0.39, 0.29) is 17.0 Å². The standard InChI is InChI=1S/C27H22F3N5O3/c1-15-4-5-20(34-26(38)18-7-8-31-23(11-18)27(28,29)30)14-21(15)19-10-22(35(3)25(37)13-19)17-6-9-32-24(12-17)33-16(2)36/h4-14H,1-3H3,(H,34,38)(H,32,33,36). The maximum Gasteiger partial charge on any atom is 0.433 e. The van der Waals surface area contributed by atoms with Crippen LogP contribution in [0.15, 0.2) is 71.8 Å². The Morgan fingerprint density at radius 2 is 1.63 bits per heavy atom. The first-order valence-electron chi connectivity index (χ1n) is 11.3. The highest BCUT2D eigenvalue weighted by molar-refractivity contribution is 6.04.